The van der Waals surface area contributed by atoms with Gasteiger partial charge in [-0.1, -0.05) is 0 Å². The molecule has 0 atom stereocenters. The molecule has 2 rings (SSSR count). The number of nitrogens with one attached hydrogen (secondary N) is 1. The lowest BCUT2D eigenvalue weighted by Crippen LogP contribution is -2.32. The monoisotopic (exact) mass is 254 g/mol. The summed E-state index contributed by atoms with van der Waals surface area (Å²) in [5, 5.41) is 9.11. The second kappa shape index (κ2) is 3.85. The first-order chi connectivity index (χ1) is 7.91. The van der Waals surface area contributed by atoms with Crippen LogP contribution in [0.5, 0.6) is 0 Å². The molecule has 0 bridgehead atoms. The molecular formula is C10H10N2O4S. The minimum absolute atomic E-state index is 0.215. The van der Waals surface area contributed by atoms with Crippen molar-refractivity contribution in [2.45, 2.75) is 13.3 Å². The number of hydrogen-bond acceptors (Lipinski definition) is 4. The molecule has 0 aliphatic rings. The van der Waals surface area contributed by atoms with Crippen molar-refractivity contribution in [3.05, 3.63) is 31.3 Å². The van der Waals surface area contributed by atoms with Crippen LogP contribution < -0.4 is 11.2 Å². The Hall–Kier alpha value is -1.89. The molecule has 0 amide bonds. The van der Waals surface area contributed by atoms with E-state index in [1.807, 2.05) is 0 Å². The Bertz CT molecular complexity index is 722. The largest absolute Gasteiger partial charge is 0.481 e. The van der Waals surface area contributed by atoms with Gasteiger partial charge in [-0.15, -0.1) is 11.3 Å². The lowest BCUT2D eigenvalue weighted by atomic mass is 10.1. The molecule has 7 heteroatoms. The molecule has 0 aliphatic heterocycles. The van der Waals surface area contributed by atoms with Crippen molar-refractivity contribution in [1.82, 2.24) is 9.55 Å². The van der Waals surface area contributed by atoms with E-state index >= 15 is 0 Å². The number of fused-ring (bicyclic) bond motifs is 1. The third-order valence-corrected chi connectivity index (χ3v) is 3.64. The summed E-state index contributed by atoms with van der Waals surface area (Å²) < 4.78 is 0.944. The Morgan fingerprint density at radius 1 is 1.47 bits per heavy atom. The van der Waals surface area contributed by atoms with Gasteiger partial charge in [0.25, 0.3) is 5.56 Å². The van der Waals surface area contributed by atoms with E-state index < -0.39 is 17.2 Å². The number of aliphatic carboxylic acids is 1. The lowest BCUT2D eigenvalue weighted by molar-refractivity contribution is -0.136. The molecule has 0 spiro atoms. The minimum Gasteiger partial charge on any atom is -0.481 e. The second-order valence-electron chi connectivity index (χ2n) is 3.71. The maximum atomic E-state index is 11.9. The summed E-state index contributed by atoms with van der Waals surface area (Å²) in [6.45, 7) is 1.74. The maximum Gasteiger partial charge on any atom is 0.329 e. The quantitative estimate of drug-likeness (QED) is 0.802. The number of nitrogens with zero attached hydrogens (tertiary/aromatic N) is 1. The summed E-state index contributed by atoms with van der Waals surface area (Å²) in [5.74, 6) is -0.999. The van der Waals surface area contributed by atoms with Crippen molar-refractivity contribution < 1.29 is 9.90 Å². The van der Waals surface area contributed by atoms with Crippen molar-refractivity contribution in [3.8, 4) is 0 Å². The highest BCUT2D eigenvalue weighted by Gasteiger charge is 2.17. The van der Waals surface area contributed by atoms with Crippen molar-refractivity contribution in [3.63, 3.8) is 0 Å². The van der Waals surface area contributed by atoms with Crippen LogP contribution in [0.3, 0.4) is 0 Å². The smallest absolute Gasteiger partial charge is 0.329 e. The number of H-pyrrole nitrogens is 1. The Labute approximate surface area is 99.1 Å². The molecule has 0 aliphatic carbocycles. The highest BCUT2D eigenvalue weighted by atomic mass is 32.1. The van der Waals surface area contributed by atoms with E-state index in [0.717, 1.165) is 9.44 Å². The Kier molecular flexibility index (Phi) is 2.62. The molecule has 0 saturated heterocycles. The van der Waals surface area contributed by atoms with Gasteiger partial charge in [0.15, 0.2) is 0 Å². The summed E-state index contributed by atoms with van der Waals surface area (Å²) >= 11 is 1.23. The number of carbonyl (C=O) groups is 1. The SMILES string of the molecule is Cc1sc2[nH]c(=O)n(C)c(=O)c2c1CC(=O)O. The third kappa shape index (κ3) is 1.78. The average Bonchev–Trinajstić information content (AvgIpc) is 2.51. The zero-order valence-electron chi connectivity index (χ0n) is 9.23. The van der Waals surface area contributed by atoms with E-state index in [-0.39, 0.29) is 6.42 Å². The Morgan fingerprint density at radius 3 is 2.71 bits per heavy atom. The highest BCUT2D eigenvalue weighted by molar-refractivity contribution is 7.18. The van der Waals surface area contributed by atoms with Gasteiger partial charge in [0.2, 0.25) is 0 Å². The van der Waals surface area contributed by atoms with E-state index in [0.29, 0.717) is 15.8 Å². The topological polar surface area (TPSA) is 92.2 Å². The molecule has 2 aromatic heterocycles. The molecule has 17 heavy (non-hydrogen) atoms. The highest BCUT2D eigenvalue weighted by Crippen LogP contribution is 2.26. The van der Waals surface area contributed by atoms with Crippen LogP contribution in [0.15, 0.2) is 9.59 Å². The van der Waals surface area contributed by atoms with E-state index in [1.54, 1.807) is 6.92 Å². The zero-order valence-corrected chi connectivity index (χ0v) is 10.1. The molecule has 6 nitrogen and oxygen atoms in total. The molecule has 0 radical (unpaired) electrons. The number of aromatic amines is 1. The van der Waals surface area contributed by atoms with Gasteiger partial charge in [-0.25, -0.2) is 4.79 Å². The molecule has 0 saturated carbocycles. The van der Waals surface area contributed by atoms with Crippen molar-refractivity contribution >= 4 is 27.5 Å². The molecule has 0 fully saturated rings. The Morgan fingerprint density at radius 2 is 2.12 bits per heavy atom. The van der Waals surface area contributed by atoms with Gasteiger partial charge in [0, 0.05) is 11.9 Å². The molecule has 2 N–H and O–H groups in total. The predicted octanol–water partition coefficient (Wildman–Crippen LogP) is 0.224. The first-order valence-corrected chi connectivity index (χ1v) is 5.66. The fourth-order valence-corrected chi connectivity index (χ4v) is 2.75. The number of aromatic nitrogens is 2. The standard InChI is InChI=1S/C10H10N2O4S/c1-4-5(3-6(13)14)7-8(17-4)11-10(16)12(2)9(7)15/h3H2,1-2H3,(H,11,16)(H,13,14). The van der Waals surface area contributed by atoms with Crippen molar-refractivity contribution in [1.29, 1.82) is 0 Å². The maximum absolute atomic E-state index is 11.9. The van der Waals surface area contributed by atoms with Crippen molar-refractivity contribution in [2.75, 3.05) is 0 Å². The first-order valence-electron chi connectivity index (χ1n) is 4.85. The van der Waals surface area contributed by atoms with Gasteiger partial charge < -0.3 is 5.11 Å². The van der Waals surface area contributed by atoms with Crippen LogP contribution in [0.2, 0.25) is 0 Å². The van der Waals surface area contributed by atoms with Gasteiger partial charge in [-0.2, -0.15) is 0 Å². The normalized spacial score (nSPS) is 10.9. The average molecular weight is 254 g/mol. The number of rotatable bonds is 2. The van der Waals surface area contributed by atoms with E-state index in [2.05, 4.69) is 4.98 Å². The van der Waals surface area contributed by atoms with Gasteiger partial charge in [0.05, 0.1) is 11.8 Å². The minimum atomic E-state index is -0.999. The number of hydrogen-bond donors (Lipinski definition) is 2. The number of carboxylic acids is 1. The number of thiophene rings is 1. The number of carboxylic acid groups (broad SMARTS) is 1. The van der Waals surface area contributed by atoms with Crippen LogP contribution in [0.1, 0.15) is 10.4 Å². The second-order valence-corrected chi connectivity index (χ2v) is 4.93. The first kappa shape index (κ1) is 11.6. The molecular weight excluding hydrogens is 244 g/mol. The van der Waals surface area contributed by atoms with Crippen LogP contribution in [0, 0.1) is 6.92 Å². The van der Waals surface area contributed by atoms with E-state index in [1.165, 1.54) is 18.4 Å². The van der Waals surface area contributed by atoms with Gasteiger partial charge >= 0.3 is 11.7 Å². The fraction of sp³-hybridized carbons (Fsp3) is 0.300. The third-order valence-electron chi connectivity index (χ3n) is 2.58. The molecule has 0 unspecified atom stereocenters. The van der Waals surface area contributed by atoms with Crippen LogP contribution >= 0.6 is 11.3 Å². The molecule has 2 heterocycles. The summed E-state index contributed by atoms with van der Waals surface area (Å²) in [5.41, 5.74) is -0.468. The zero-order chi connectivity index (χ0) is 12.7. The fourth-order valence-electron chi connectivity index (χ4n) is 1.70. The molecule has 2 aromatic rings. The van der Waals surface area contributed by atoms with E-state index in [4.69, 9.17) is 5.11 Å². The van der Waals surface area contributed by atoms with Crippen LogP contribution in [-0.4, -0.2) is 20.6 Å². The van der Waals surface area contributed by atoms with Crippen LogP contribution in [0.25, 0.3) is 10.2 Å². The summed E-state index contributed by atoms with van der Waals surface area (Å²) in [6, 6.07) is 0. The Balaban J connectivity index is 2.90. The van der Waals surface area contributed by atoms with E-state index in [9.17, 15) is 14.4 Å². The lowest BCUT2D eigenvalue weighted by Gasteiger charge is -1.98. The summed E-state index contributed by atoms with van der Waals surface area (Å²) in [4.78, 5) is 37.8. The van der Waals surface area contributed by atoms with Crippen LogP contribution in [-0.2, 0) is 18.3 Å². The summed E-state index contributed by atoms with van der Waals surface area (Å²) in [7, 11) is 1.36. The predicted molar refractivity (Wildman–Crippen MR) is 63.8 cm³/mol. The van der Waals surface area contributed by atoms with Gasteiger partial charge in [-0.3, -0.25) is 19.1 Å². The van der Waals surface area contributed by atoms with Gasteiger partial charge in [-0.05, 0) is 12.5 Å². The summed E-state index contributed by atoms with van der Waals surface area (Å²) in [6.07, 6.45) is -0.215. The van der Waals surface area contributed by atoms with Crippen molar-refractivity contribution in [2.24, 2.45) is 7.05 Å². The van der Waals surface area contributed by atoms with Gasteiger partial charge in [0.1, 0.15) is 4.83 Å². The van der Waals surface area contributed by atoms with Crippen LogP contribution in [0.4, 0.5) is 0 Å². The molecule has 90 valence electrons. The molecule has 0 aromatic carbocycles. The number of aryl methyl sites for hydroxylation is 1.